The zero-order valence-corrected chi connectivity index (χ0v) is 18.2. The van der Waals surface area contributed by atoms with Gasteiger partial charge in [-0.2, -0.15) is 0 Å². The number of nitrogens with zero attached hydrogens (tertiary/aromatic N) is 2. The van der Waals surface area contributed by atoms with Crippen LogP contribution in [0, 0.1) is 0 Å². The largest absolute Gasteiger partial charge is 0.360 e. The van der Waals surface area contributed by atoms with Crippen LogP contribution in [0.3, 0.4) is 0 Å². The Kier molecular flexibility index (Phi) is 5.42. The quantitative estimate of drug-likeness (QED) is 0.622. The summed E-state index contributed by atoms with van der Waals surface area (Å²) in [5.41, 5.74) is 2.67. The molecule has 6 nitrogen and oxygen atoms in total. The molecule has 0 bridgehead atoms. The van der Waals surface area contributed by atoms with Crippen LogP contribution in [0.5, 0.6) is 0 Å². The van der Waals surface area contributed by atoms with E-state index < -0.39 is 9.84 Å². The van der Waals surface area contributed by atoms with Crippen molar-refractivity contribution in [2.45, 2.75) is 18.5 Å². The highest BCUT2D eigenvalue weighted by atomic mass is 32.2. The summed E-state index contributed by atoms with van der Waals surface area (Å²) in [7, 11) is -2.89. The van der Waals surface area contributed by atoms with E-state index in [0.717, 1.165) is 49.1 Å². The molecule has 0 saturated carbocycles. The van der Waals surface area contributed by atoms with E-state index in [-0.39, 0.29) is 23.6 Å². The van der Waals surface area contributed by atoms with Gasteiger partial charge in [0.05, 0.1) is 17.5 Å². The maximum atomic E-state index is 13.8. The monoisotopic (exact) mass is 437 g/mol. The van der Waals surface area contributed by atoms with Gasteiger partial charge in [0.1, 0.15) is 0 Å². The van der Waals surface area contributed by atoms with Crippen LogP contribution in [0.1, 0.15) is 28.4 Å². The Labute approximate surface area is 182 Å². The molecule has 0 aliphatic carbocycles. The van der Waals surface area contributed by atoms with Gasteiger partial charge in [-0.15, -0.1) is 0 Å². The number of rotatable bonds is 5. The van der Waals surface area contributed by atoms with E-state index in [2.05, 4.69) is 14.8 Å². The number of aromatic nitrogens is 1. The molecule has 2 aliphatic rings. The van der Waals surface area contributed by atoms with E-state index >= 15 is 0 Å². The number of Topliss-reactive ketones (excluding diaryl/α,β-unsaturated/α-hetero) is 1. The summed E-state index contributed by atoms with van der Waals surface area (Å²) in [6.07, 6.45) is 2.54. The molecule has 3 aromatic rings. The summed E-state index contributed by atoms with van der Waals surface area (Å²) in [5, 5.41) is 0.947. The van der Waals surface area contributed by atoms with E-state index in [4.69, 9.17) is 0 Å². The molecular weight excluding hydrogens is 410 g/mol. The number of sulfone groups is 1. The minimum atomic E-state index is -2.89. The van der Waals surface area contributed by atoms with Crippen molar-refractivity contribution >= 4 is 26.5 Å². The Bertz CT molecular complexity index is 1180. The topological polar surface area (TPSA) is 73.5 Å². The lowest BCUT2D eigenvalue weighted by atomic mass is 9.95. The lowest BCUT2D eigenvalue weighted by molar-refractivity contribution is 0.0589. The number of para-hydroxylation sites is 1. The van der Waals surface area contributed by atoms with E-state index in [1.807, 2.05) is 60.8 Å². The first-order chi connectivity index (χ1) is 15.0. The molecule has 0 spiro atoms. The Morgan fingerprint density at radius 3 is 2.39 bits per heavy atom. The molecule has 0 amide bonds. The first-order valence-electron chi connectivity index (χ1n) is 10.9. The summed E-state index contributed by atoms with van der Waals surface area (Å²) < 4.78 is 23.8. The fourth-order valence-electron chi connectivity index (χ4n) is 5.01. The third kappa shape index (κ3) is 4.05. The fraction of sp³-hybridized carbons (Fsp3) is 0.375. The third-order valence-electron chi connectivity index (χ3n) is 6.66. The number of hydrogen-bond acceptors (Lipinski definition) is 5. The normalized spacial score (nSPS) is 23.2. The molecule has 7 heteroatoms. The number of H-pyrrole nitrogens is 1. The minimum Gasteiger partial charge on any atom is -0.360 e. The van der Waals surface area contributed by atoms with E-state index in [0.29, 0.717) is 11.3 Å². The highest BCUT2D eigenvalue weighted by Crippen LogP contribution is 2.30. The zero-order valence-electron chi connectivity index (χ0n) is 17.4. The highest BCUT2D eigenvalue weighted by molar-refractivity contribution is 7.91. The second kappa shape index (κ2) is 8.22. The smallest absolute Gasteiger partial charge is 0.186 e. The van der Waals surface area contributed by atoms with Gasteiger partial charge in [0.15, 0.2) is 15.6 Å². The van der Waals surface area contributed by atoms with Crippen LogP contribution in [-0.4, -0.2) is 72.7 Å². The van der Waals surface area contributed by atoms with E-state index in [1.54, 1.807) is 0 Å². The van der Waals surface area contributed by atoms with Gasteiger partial charge >= 0.3 is 0 Å². The van der Waals surface area contributed by atoms with Crippen LogP contribution >= 0.6 is 0 Å². The van der Waals surface area contributed by atoms with Crippen LogP contribution in [-0.2, 0) is 9.84 Å². The SMILES string of the molecule is O=C(c1c[nH]c2ccccc12)[C@@H](c1ccccc1)N1CCN([C@H]2CCS(=O)(=O)C2)CC1. The van der Waals surface area contributed by atoms with Crippen LogP contribution in [0.25, 0.3) is 10.9 Å². The van der Waals surface area contributed by atoms with Crippen molar-refractivity contribution < 1.29 is 13.2 Å². The number of nitrogens with one attached hydrogen (secondary N) is 1. The fourth-order valence-corrected chi connectivity index (χ4v) is 6.77. The number of fused-ring (bicyclic) bond motifs is 1. The molecule has 5 rings (SSSR count). The van der Waals surface area contributed by atoms with Gasteiger partial charge in [-0.3, -0.25) is 14.6 Å². The van der Waals surface area contributed by atoms with Crippen LogP contribution in [0.4, 0.5) is 0 Å². The second-order valence-corrected chi connectivity index (χ2v) is 10.8. The number of aromatic amines is 1. The molecule has 162 valence electrons. The number of carbonyl (C=O) groups is 1. The van der Waals surface area contributed by atoms with Crippen LogP contribution in [0.2, 0.25) is 0 Å². The van der Waals surface area contributed by atoms with Crippen molar-refractivity contribution in [1.82, 2.24) is 14.8 Å². The molecule has 2 saturated heterocycles. The molecule has 2 aliphatic heterocycles. The van der Waals surface area contributed by atoms with Gasteiger partial charge in [0, 0.05) is 54.9 Å². The maximum Gasteiger partial charge on any atom is 0.186 e. The van der Waals surface area contributed by atoms with Crippen LogP contribution < -0.4 is 0 Å². The van der Waals surface area contributed by atoms with E-state index in [1.165, 1.54) is 0 Å². The second-order valence-electron chi connectivity index (χ2n) is 8.55. The Balaban J connectivity index is 1.40. The first kappa shape index (κ1) is 20.4. The third-order valence-corrected chi connectivity index (χ3v) is 8.41. The van der Waals surface area contributed by atoms with Gasteiger partial charge in [-0.05, 0) is 18.1 Å². The van der Waals surface area contributed by atoms with Crippen molar-refractivity contribution in [3.8, 4) is 0 Å². The van der Waals surface area contributed by atoms with Gasteiger partial charge < -0.3 is 4.98 Å². The standard InChI is InChI=1S/C24H27N3O3S/c28-24(21-16-25-22-9-5-4-8-20(21)22)23(18-6-2-1-3-7-18)27-13-11-26(12-14-27)19-10-15-31(29,30)17-19/h1-9,16,19,23,25H,10-15,17H2/t19-,23+/m0/s1. The average Bonchev–Trinajstić information content (AvgIpc) is 3.38. The molecule has 1 aromatic heterocycles. The molecule has 2 atom stereocenters. The summed E-state index contributed by atoms with van der Waals surface area (Å²) in [5.74, 6) is 0.660. The Morgan fingerprint density at radius 1 is 0.968 bits per heavy atom. The molecule has 0 radical (unpaired) electrons. The predicted molar refractivity (Wildman–Crippen MR) is 122 cm³/mol. The van der Waals surface area contributed by atoms with Crippen molar-refractivity contribution in [3.05, 3.63) is 71.9 Å². The lowest BCUT2D eigenvalue weighted by Crippen LogP contribution is -2.52. The van der Waals surface area contributed by atoms with Crippen molar-refractivity contribution in [1.29, 1.82) is 0 Å². The lowest BCUT2D eigenvalue weighted by Gasteiger charge is -2.40. The summed E-state index contributed by atoms with van der Waals surface area (Å²) >= 11 is 0. The first-order valence-corrected chi connectivity index (χ1v) is 12.7. The Hall–Kier alpha value is -2.48. The number of carbonyl (C=O) groups excluding carboxylic acids is 1. The number of benzene rings is 2. The molecule has 3 heterocycles. The van der Waals surface area contributed by atoms with Gasteiger partial charge in [0.2, 0.25) is 0 Å². The highest BCUT2D eigenvalue weighted by Gasteiger charge is 2.37. The number of ketones is 1. The van der Waals surface area contributed by atoms with E-state index in [9.17, 15) is 13.2 Å². The molecule has 2 fully saturated rings. The number of hydrogen-bond donors (Lipinski definition) is 1. The summed E-state index contributed by atoms with van der Waals surface area (Å²) in [6.45, 7) is 3.05. The summed E-state index contributed by atoms with van der Waals surface area (Å²) in [6, 6.07) is 17.6. The maximum absolute atomic E-state index is 13.8. The predicted octanol–water partition coefficient (Wildman–Crippen LogP) is 2.90. The Morgan fingerprint density at radius 2 is 1.68 bits per heavy atom. The molecule has 1 N–H and O–H groups in total. The van der Waals surface area contributed by atoms with Crippen molar-refractivity contribution in [3.63, 3.8) is 0 Å². The average molecular weight is 438 g/mol. The number of piperazine rings is 1. The van der Waals surface area contributed by atoms with Gasteiger partial charge in [-0.25, -0.2) is 8.42 Å². The molecule has 31 heavy (non-hydrogen) atoms. The van der Waals surface area contributed by atoms with Crippen molar-refractivity contribution in [2.75, 3.05) is 37.7 Å². The summed E-state index contributed by atoms with van der Waals surface area (Å²) in [4.78, 5) is 21.6. The molecular formula is C24H27N3O3S. The molecule has 0 unspecified atom stereocenters. The van der Waals surface area contributed by atoms with Gasteiger partial charge in [0.25, 0.3) is 0 Å². The van der Waals surface area contributed by atoms with Crippen molar-refractivity contribution in [2.24, 2.45) is 0 Å². The minimum absolute atomic E-state index is 0.0977. The van der Waals surface area contributed by atoms with Gasteiger partial charge in [-0.1, -0.05) is 48.5 Å². The molecule has 2 aromatic carbocycles. The zero-order chi connectivity index (χ0) is 21.4. The van der Waals surface area contributed by atoms with Crippen LogP contribution in [0.15, 0.2) is 60.8 Å².